The Bertz CT molecular complexity index is 452. The molecule has 0 atom stereocenters. The molecule has 0 aliphatic rings. The van der Waals surface area contributed by atoms with Gasteiger partial charge in [0.05, 0.1) is 12.8 Å². The Morgan fingerprint density at radius 1 is 1.50 bits per heavy atom. The molecule has 16 heavy (non-hydrogen) atoms. The highest BCUT2D eigenvalue weighted by atomic mass is 32.1. The van der Waals surface area contributed by atoms with Gasteiger partial charge in [0.1, 0.15) is 5.69 Å². The van der Waals surface area contributed by atoms with Crippen molar-refractivity contribution in [1.29, 1.82) is 0 Å². The van der Waals surface area contributed by atoms with Gasteiger partial charge in [0.25, 0.3) is 0 Å². The number of nitrogens with one attached hydrogen (secondary N) is 1. The van der Waals surface area contributed by atoms with Gasteiger partial charge in [-0.3, -0.25) is 0 Å². The van der Waals surface area contributed by atoms with Crippen molar-refractivity contribution in [3.8, 4) is 0 Å². The van der Waals surface area contributed by atoms with Crippen LogP contribution in [-0.2, 0) is 18.2 Å². The van der Waals surface area contributed by atoms with Crippen LogP contribution in [0.2, 0.25) is 0 Å². The Hall–Kier alpha value is -1.10. The van der Waals surface area contributed by atoms with Crippen LogP contribution >= 0.6 is 12.2 Å². The van der Waals surface area contributed by atoms with E-state index in [0.29, 0.717) is 10.5 Å². The molecule has 0 fully saturated rings. The summed E-state index contributed by atoms with van der Waals surface area (Å²) >= 11 is 5.12. The number of hydrogen-bond donors (Lipinski definition) is 1. The summed E-state index contributed by atoms with van der Waals surface area (Å²) in [5, 5.41) is 0. The highest BCUT2D eigenvalue weighted by molar-refractivity contribution is 7.71. The maximum atomic E-state index is 11.6. The van der Waals surface area contributed by atoms with Crippen LogP contribution in [0.5, 0.6) is 0 Å². The van der Waals surface area contributed by atoms with Crippen molar-refractivity contribution in [3.05, 3.63) is 16.2 Å². The monoisotopic (exact) mass is 242 g/mol. The minimum atomic E-state index is -0.369. The molecule has 0 unspecified atom stereocenters. The van der Waals surface area contributed by atoms with Gasteiger partial charge in [-0.15, -0.1) is 0 Å². The molecular formula is C11H18N2O2S. The summed E-state index contributed by atoms with van der Waals surface area (Å²) in [6.07, 6.45) is 0.765. The van der Waals surface area contributed by atoms with Crippen LogP contribution in [0, 0.1) is 10.2 Å². The molecule has 0 bridgehead atoms. The van der Waals surface area contributed by atoms with Gasteiger partial charge in [-0.25, -0.2) is 4.79 Å². The standard InChI is InChI=1S/C11H18N2O2S/c1-11(2,3)6-7-8(9(14)15-5)12-10(16)13(7)4/h6H2,1-5H3,(H,12,16). The van der Waals surface area contributed by atoms with Crippen molar-refractivity contribution in [2.24, 2.45) is 12.5 Å². The molecule has 0 aliphatic heterocycles. The molecule has 0 saturated carbocycles. The second-order valence-corrected chi connectivity index (χ2v) is 5.43. The molecule has 4 nitrogen and oxygen atoms in total. The second kappa shape index (κ2) is 4.41. The summed E-state index contributed by atoms with van der Waals surface area (Å²) < 4.78 is 7.10. The van der Waals surface area contributed by atoms with E-state index >= 15 is 0 Å². The van der Waals surface area contributed by atoms with Gasteiger partial charge in [-0.2, -0.15) is 0 Å². The zero-order chi connectivity index (χ0) is 12.5. The van der Waals surface area contributed by atoms with Crippen molar-refractivity contribution >= 4 is 18.2 Å². The van der Waals surface area contributed by atoms with Crippen molar-refractivity contribution < 1.29 is 9.53 Å². The van der Waals surface area contributed by atoms with E-state index in [4.69, 9.17) is 17.0 Å². The van der Waals surface area contributed by atoms with Crippen LogP contribution in [-0.4, -0.2) is 22.6 Å². The molecule has 1 aromatic heterocycles. The van der Waals surface area contributed by atoms with Gasteiger partial charge in [0.2, 0.25) is 0 Å². The summed E-state index contributed by atoms with van der Waals surface area (Å²) in [7, 11) is 3.22. The molecule has 0 amide bonds. The predicted molar refractivity (Wildman–Crippen MR) is 65.1 cm³/mol. The second-order valence-electron chi connectivity index (χ2n) is 5.04. The zero-order valence-electron chi connectivity index (χ0n) is 10.4. The number of rotatable bonds is 2. The van der Waals surface area contributed by atoms with E-state index in [-0.39, 0.29) is 11.4 Å². The topological polar surface area (TPSA) is 47.0 Å². The maximum Gasteiger partial charge on any atom is 0.356 e. The third kappa shape index (κ3) is 2.72. The highest BCUT2D eigenvalue weighted by Crippen LogP contribution is 2.23. The molecular weight excluding hydrogens is 224 g/mol. The summed E-state index contributed by atoms with van der Waals surface area (Å²) in [5.74, 6) is -0.369. The number of ether oxygens (including phenoxy) is 1. The number of carbonyl (C=O) groups is 1. The molecule has 0 radical (unpaired) electrons. The predicted octanol–water partition coefficient (Wildman–Crippen LogP) is 2.46. The molecule has 1 aromatic rings. The van der Waals surface area contributed by atoms with E-state index in [1.54, 1.807) is 0 Å². The number of aromatic nitrogens is 2. The van der Waals surface area contributed by atoms with Crippen LogP contribution in [0.15, 0.2) is 0 Å². The van der Waals surface area contributed by atoms with Gasteiger partial charge in [-0.1, -0.05) is 20.8 Å². The minimum absolute atomic E-state index is 0.0878. The molecule has 1 rings (SSSR count). The SMILES string of the molecule is COC(=O)c1[nH]c(=S)n(C)c1CC(C)(C)C. The molecule has 0 aromatic carbocycles. The smallest absolute Gasteiger partial charge is 0.356 e. The van der Waals surface area contributed by atoms with Gasteiger partial charge in [0.15, 0.2) is 4.77 Å². The van der Waals surface area contributed by atoms with Crippen LogP contribution in [0.4, 0.5) is 0 Å². The van der Waals surface area contributed by atoms with Gasteiger partial charge in [0, 0.05) is 7.05 Å². The third-order valence-electron chi connectivity index (χ3n) is 2.32. The van der Waals surface area contributed by atoms with Crippen molar-refractivity contribution in [1.82, 2.24) is 9.55 Å². The lowest BCUT2D eigenvalue weighted by Gasteiger charge is -2.18. The Morgan fingerprint density at radius 2 is 2.06 bits per heavy atom. The number of imidazole rings is 1. The average Bonchev–Trinajstić information content (AvgIpc) is 2.43. The van der Waals surface area contributed by atoms with Crippen LogP contribution in [0.3, 0.4) is 0 Å². The number of carbonyl (C=O) groups excluding carboxylic acids is 1. The van der Waals surface area contributed by atoms with Crippen LogP contribution in [0.25, 0.3) is 0 Å². The molecule has 5 heteroatoms. The molecule has 1 N–H and O–H groups in total. The molecule has 1 heterocycles. The number of H-pyrrole nitrogens is 1. The quantitative estimate of drug-likeness (QED) is 0.640. The first-order chi connectivity index (χ1) is 7.26. The fourth-order valence-electron chi connectivity index (χ4n) is 1.53. The van der Waals surface area contributed by atoms with E-state index in [1.807, 2.05) is 11.6 Å². The van der Waals surface area contributed by atoms with Crippen molar-refractivity contribution in [3.63, 3.8) is 0 Å². The van der Waals surface area contributed by atoms with Crippen molar-refractivity contribution in [2.75, 3.05) is 7.11 Å². The lowest BCUT2D eigenvalue weighted by atomic mass is 9.90. The first kappa shape index (κ1) is 13.0. The maximum absolute atomic E-state index is 11.6. The van der Waals surface area contributed by atoms with Crippen LogP contribution in [0.1, 0.15) is 37.0 Å². The first-order valence-electron chi connectivity index (χ1n) is 5.12. The summed E-state index contributed by atoms with van der Waals surface area (Å²) in [6.45, 7) is 6.35. The number of methoxy groups -OCH3 is 1. The summed E-state index contributed by atoms with van der Waals surface area (Å²) in [5.41, 5.74) is 1.44. The van der Waals surface area contributed by atoms with E-state index in [9.17, 15) is 4.79 Å². The fraction of sp³-hybridized carbons (Fsp3) is 0.636. The summed E-state index contributed by atoms with van der Waals surface area (Å²) in [6, 6.07) is 0. The molecule has 90 valence electrons. The highest BCUT2D eigenvalue weighted by Gasteiger charge is 2.22. The minimum Gasteiger partial charge on any atom is -0.464 e. The van der Waals surface area contributed by atoms with Crippen molar-refractivity contribution in [2.45, 2.75) is 27.2 Å². The number of hydrogen-bond acceptors (Lipinski definition) is 3. The van der Waals surface area contributed by atoms with E-state index in [0.717, 1.165) is 12.1 Å². The van der Waals surface area contributed by atoms with Gasteiger partial charge in [-0.05, 0) is 24.1 Å². The number of esters is 1. The molecule has 0 spiro atoms. The Labute approximate surface area is 101 Å². The first-order valence-corrected chi connectivity index (χ1v) is 5.53. The number of aromatic amines is 1. The lowest BCUT2D eigenvalue weighted by molar-refractivity contribution is 0.0592. The van der Waals surface area contributed by atoms with Gasteiger partial charge >= 0.3 is 5.97 Å². The van der Waals surface area contributed by atoms with E-state index < -0.39 is 0 Å². The Kier molecular flexibility index (Phi) is 3.57. The fourth-order valence-corrected chi connectivity index (χ4v) is 1.75. The number of nitrogens with zero attached hydrogens (tertiary/aromatic N) is 1. The largest absolute Gasteiger partial charge is 0.464 e. The Balaban J connectivity index is 3.25. The normalized spacial score (nSPS) is 11.6. The lowest BCUT2D eigenvalue weighted by Crippen LogP contribution is -2.16. The molecule has 0 saturated heterocycles. The molecule has 0 aliphatic carbocycles. The average molecular weight is 242 g/mol. The van der Waals surface area contributed by atoms with E-state index in [2.05, 4.69) is 25.8 Å². The third-order valence-corrected chi connectivity index (χ3v) is 2.69. The van der Waals surface area contributed by atoms with Crippen LogP contribution < -0.4 is 0 Å². The van der Waals surface area contributed by atoms with E-state index in [1.165, 1.54) is 7.11 Å². The Morgan fingerprint density at radius 3 is 2.50 bits per heavy atom. The van der Waals surface area contributed by atoms with Gasteiger partial charge < -0.3 is 14.3 Å². The zero-order valence-corrected chi connectivity index (χ0v) is 11.2. The summed E-state index contributed by atoms with van der Waals surface area (Å²) in [4.78, 5) is 14.5.